The van der Waals surface area contributed by atoms with Gasteiger partial charge in [-0.15, -0.1) is 0 Å². The molecule has 1 aliphatic rings. The lowest BCUT2D eigenvalue weighted by molar-refractivity contribution is 0.415. The lowest BCUT2D eigenvalue weighted by Crippen LogP contribution is -1.76. The molecule has 1 nitrogen and oxygen atoms in total. The van der Waals surface area contributed by atoms with E-state index >= 15 is 0 Å². The molecule has 1 aromatic carbocycles. The molecule has 1 heteroatoms. The zero-order chi connectivity index (χ0) is 6.10. The summed E-state index contributed by atoms with van der Waals surface area (Å²) in [7, 11) is 0. The van der Waals surface area contributed by atoms with Gasteiger partial charge in [0.2, 0.25) is 0 Å². The Morgan fingerprint density at radius 3 is 3.00 bits per heavy atom. The molecule has 1 atom stereocenters. The van der Waals surface area contributed by atoms with Crippen molar-refractivity contribution < 1.29 is 4.74 Å². The van der Waals surface area contributed by atoms with Gasteiger partial charge in [-0.05, 0) is 11.6 Å². The summed E-state index contributed by atoms with van der Waals surface area (Å²) in [5.74, 6) is 0. The highest BCUT2D eigenvalue weighted by atomic mass is 16.6. The van der Waals surface area contributed by atoms with Crippen molar-refractivity contribution in [3.8, 4) is 0 Å². The first-order chi connectivity index (χ1) is 4.47. The standard InChI is InChI=1S/C8H7O/c1-2-4-7(5-3-1)8-6-9-8/h1-4,8H,6H2. The van der Waals surface area contributed by atoms with Crippen molar-refractivity contribution in [3.63, 3.8) is 0 Å². The molecule has 0 saturated carbocycles. The second-order valence-electron chi connectivity index (χ2n) is 2.14. The molecule has 1 unspecified atom stereocenters. The average Bonchev–Trinajstić information content (AvgIpc) is 2.71. The Labute approximate surface area is 54.3 Å². The van der Waals surface area contributed by atoms with Crippen molar-refractivity contribution in [2.24, 2.45) is 0 Å². The third-order valence-corrected chi connectivity index (χ3v) is 1.41. The minimum absolute atomic E-state index is 0.353. The fourth-order valence-corrected chi connectivity index (χ4v) is 0.835. The van der Waals surface area contributed by atoms with Gasteiger partial charge in [0.25, 0.3) is 0 Å². The highest BCUT2D eigenvalue weighted by Crippen LogP contribution is 2.28. The van der Waals surface area contributed by atoms with Crippen molar-refractivity contribution in [1.29, 1.82) is 0 Å². The molecule has 45 valence electrons. The van der Waals surface area contributed by atoms with E-state index in [1.54, 1.807) is 0 Å². The first-order valence-corrected chi connectivity index (χ1v) is 3.05. The summed E-state index contributed by atoms with van der Waals surface area (Å²) in [4.78, 5) is 0. The monoisotopic (exact) mass is 119 g/mol. The van der Waals surface area contributed by atoms with Gasteiger partial charge in [0.05, 0.1) is 6.61 Å². The van der Waals surface area contributed by atoms with Crippen LogP contribution in [0.15, 0.2) is 24.3 Å². The lowest BCUT2D eigenvalue weighted by atomic mass is 10.2. The van der Waals surface area contributed by atoms with Gasteiger partial charge in [0.1, 0.15) is 6.10 Å². The number of hydrogen-bond acceptors (Lipinski definition) is 1. The smallest absolute Gasteiger partial charge is 0.107 e. The van der Waals surface area contributed by atoms with Crippen LogP contribution in [-0.2, 0) is 4.74 Å². The summed E-state index contributed by atoms with van der Waals surface area (Å²) in [5.41, 5.74) is 1.18. The Morgan fingerprint density at radius 1 is 1.56 bits per heavy atom. The first kappa shape index (κ1) is 5.00. The third-order valence-electron chi connectivity index (χ3n) is 1.41. The van der Waals surface area contributed by atoms with E-state index in [4.69, 9.17) is 4.74 Å². The second-order valence-corrected chi connectivity index (χ2v) is 2.14. The maximum atomic E-state index is 5.06. The summed E-state index contributed by atoms with van der Waals surface area (Å²) in [5, 5.41) is 0. The van der Waals surface area contributed by atoms with Crippen LogP contribution in [0.1, 0.15) is 11.7 Å². The predicted molar refractivity (Wildman–Crippen MR) is 34.0 cm³/mol. The van der Waals surface area contributed by atoms with Gasteiger partial charge in [0, 0.05) is 0 Å². The van der Waals surface area contributed by atoms with Crippen LogP contribution in [0.3, 0.4) is 0 Å². The van der Waals surface area contributed by atoms with Gasteiger partial charge in [-0.3, -0.25) is 0 Å². The molecule has 1 aromatic rings. The van der Waals surface area contributed by atoms with Crippen molar-refractivity contribution in [2.75, 3.05) is 6.61 Å². The minimum atomic E-state index is 0.353. The number of hydrogen-bond donors (Lipinski definition) is 0. The molecule has 1 saturated heterocycles. The van der Waals surface area contributed by atoms with E-state index in [0.717, 1.165) is 6.61 Å². The van der Waals surface area contributed by atoms with Crippen molar-refractivity contribution in [3.05, 3.63) is 35.9 Å². The molecular weight excluding hydrogens is 112 g/mol. The van der Waals surface area contributed by atoms with E-state index in [-0.39, 0.29) is 0 Å². The molecule has 0 aliphatic carbocycles. The van der Waals surface area contributed by atoms with E-state index in [2.05, 4.69) is 6.07 Å². The molecule has 2 rings (SSSR count). The molecule has 1 heterocycles. The van der Waals surface area contributed by atoms with E-state index in [9.17, 15) is 0 Å². The molecular formula is C8H7O. The van der Waals surface area contributed by atoms with E-state index in [1.165, 1.54) is 5.56 Å². The predicted octanol–water partition coefficient (Wildman–Crippen LogP) is 1.56. The Hall–Kier alpha value is -0.820. The molecule has 9 heavy (non-hydrogen) atoms. The van der Waals surface area contributed by atoms with Crippen molar-refractivity contribution in [1.82, 2.24) is 0 Å². The Bertz CT molecular complexity index is 189. The summed E-state index contributed by atoms with van der Waals surface area (Å²) in [6.07, 6.45) is 0.353. The summed E-state index contributed by atoms with van der Waals surface area (Å²) in [6, 6.07) is 11.0. The number of epoxide rings is 1. The second kappa shape index (κ2) is 1.85. The zero-order valence-corrected chi connectivity index (χ0v) is 5.00. The molecule has 0 spiro atoms. The third kappa shape index (κ3) is 0.958. The Balaban J connectivity index is 2.29. The maximum absolute atomic E-state index is 5.06. The van der Waals surface area contributed by atoms with Crippen LogP contribution in [0.4, 0.5) is 0 Å². The van der Waals surface area contributed by atoms with Gasteiger partial charge in [-0.25, -0.2) is 0 Å². The molecule has 0 amide bonds. The molecule has 0 aromatic heterocycles. The summed E-state index contributed by atoms with van der Waals surface area (Å²) < 4.78 is 5.06. The molecule has 0 N–H and O–H groups in total. The summed E-state index contributed by atoms with van der Waals surface area (Å²) >= 11 is 0. The fourth-order valence-electron chi connectivity index (χ4n) is 0.835. The topological polar surface area (TPSA) is 12.5 Å². The van der Waals surface area contributed by atoms with Crippen molar-refractivity contribution in [2.45, 2.75) is 6.10 Å². The normalized spacial score (nSPS) is 23.8. The molecule has 1 radical (unpaired) electrons. The largest absolute Gasteiger partial charge is 0.368 e. The highest BCUT2D eigenvalue weighted by Gasteiger charge is 2.23. The van der Waals surface area contributed by atoms with Crippen LogP contribution in [0.5, 0.6) is 0 Å². The van der Waals surface area contributed by atoms with E-state index < -0.39 is 0 Å². The first-order valence-electron chi connectivity index (χ1n) is 3.05. The average molecular weight is 119 g/mol. The van der Waals surface area contributed by atoms with Crippen LogP contribution >= 0.6 is 0 Å². The maximum Gasteiger partial charge on any atom is 0.107 e. The Morgan fingerprint density at radius 2 is 2.44 bits per heavy atom. The van der Waals surface area contributed by atoms with Crippen LogP contribution in [0.25, 0.3) is 0 Å². The van der Waals surface area contributed by atoms with Crippen LogP contribution in [0, 0.1) is 6.07 Å². The zero-order valence-electron chi connectivity index (χ0n) is 5.00. The molecule has 1 aliphatic heterocycles. The van der Waals surface area contributed by atoms with Crippen LogP contribution < -0.4 is 0 Å². The molecule has 0 bridgehead atoms. The van der Waals surface area contributed by atoms with Crippen molar-refractivity contribution >= 4 is 0 Å². The number of rotatable bonds is 1. The van der Waals surface area contributed by atoms with E-state index in [0.29, 0.717) is 6.10 Å². The van der Waals surface area contributed by atoms with Gasteiger partial charge in [0.15, 0.2) is 0 Å². The van der Waals surface area contributed by atoms with Crippen LogP contribution in [-0.4, -0.2) is 6.61 Å². The Kier molecular flexibility index (Phi) is 1.03. The van der Waals surface area contributed by atoms with E-state index in [1.807, 2.05) is 24.3 Å². The van der Waals surface area contributed by atoms with Gasteiger partial charge < -0.3 is 4.74 Å². The number of ether oxygens (including phenoxy) is 1. The van der Waals surface area contributed by atoms with Gasteiger partial charge in [-0.1, -0.05) is 24.3 Å². The fraction of sp³-hybridized carbons (Fsp3) is 0.250. The molecule has 1 fully saturated rings. The quantitative estimate of drug-likeness (QED) is 0.511. The highest BCUT2D eigenvalue weighted by molar-refractivity contribution is 5.18. The van der Waals surface area contributed by atoms with Crippen LogP contribution in [0.2, 0.25) is 0 Å². The summed E-state index contributed by atoms with van der Waals surface area (Å²) in [6.45, 7) is 0.876. The number of benzene rings is 1. The van der Waals surface area contributed by atoms with Gasteiger partial charge >= 0.3 is 0 Å². The minimum Gasteiger partial charge on any atom is -0.368 e. The SMILES string of the molecule is [c]1ccccc1C1CO1. The van der Waals surface area contributed by atoms with Gasteiger partial charge in [-0.2, -0.15) is 0 Å². The lowest BCUT2D eigenvalue weighted by Gasteiger charge is -1.88.